The van der Waals surface area contributed by atoms with Crippen molar-refractivity contribution in [1.82, 2.24) is 15.5 Å². The zero-order chi connectivity index (χ0) is 18.1. The van der Waals surface area contributed by atoms with Crippen LogP contribution in [0.3, 0.4) is 0 Å². The molecule has 1 aliphatic rings. The molecule has 0 radical (unpaired) electrons. The van der Waals surface area contributed by atoms with Gasteiger partial charge in [0.1, 0.15) is 0 Å². The Morgan fingerprint density at radius 3 is 2.56 bits per heavy atom. The number of hydrogen-bond acceptors (Lipinski definition) is 2. The Hall–Kier alpha value is -2.04. The van der Waals surface area contributed by atoms with Gasteiger partial charge in [-0.3, -0.25) is 9.79 Å². The van der Waals surface area contributed by atoms with Crippen LogP contribution in [0, 0.1) is 5.92 Å². The van der Waals surface area contributed by atoms with Gasteiger partial charge in [-0.25, -0.2) is 0 Å². The van der Waals surface area contributed by atoms with E-state index >= 15 is 0 Å². The van der Waals surface area contributed by atoms with E-state index in [0.717, 1.165) is 44.9 Å². The van der Waals surface area contributed by atoms with Gasteiger partial charge in [-0.1, -0.05) is 37.3 Å². The van der Waals surface area contributed by atoms with Crippen LogP contribution in [0.4, 0.5) is 0 Å². The van der Waals surface area contributed by atoms with Crippen molar-refractivity contribution in [3.63, 3.8) is 0 Å². The summed E-state index contributed by atoms with van der Waals surface area (Å²) in [6, 6.07) is 10.6. The molecule has 0 bridgehead atoms. The molecular weight excluding hydrogens is 312 g/mol. The van der Waals surface area contributed by atoms with Crippen LogP contribution >= 0.6 is 0 Å². The van der Waals surface area contributed by atoms with E-state index in [0.29, 0.717) is 18.3 Å². The summed E-state index contributed by atoms with van der Waals surface area (Å²) in [6.45, 7) is 5.12. The van der Waals surface area contributed by atoms with E-state index < -0.39 is 0 Å². The monoisotopic (exact) mass is 344 g/mol. The lowest BCUT2D eigenvalue weighted by atomic mass is 9.93. The third kappa shape index (κ3) is 6.07. The molecule has 1 aromatic rings. The van der Waals surface area contributed by atoms with E-state index in [1.165, 1.54) is 5.56 Å². The molecule has 2 rings (SSSR count). The predicted molar refractivity (Wildman–Crippen MR) is 104 cm³/mol. The maximum absolute atomic E-state index is 11.5. The van der Waals surface area contributed by atoms with Gasteiger partial charge in [-0.15, -0.1) is 0 Å². The number of benzene rings is 1. The van der Waals surface area contributed by atoms with Gasteiger partial charge in [-0.2, -0.15) is 0 Å². The summed E-state index contributed by atoms with van der Waals surface area (Å²) < 4.78 is 0. The van der Waals surface area contributed by atoms with Crippen molar-refractivity contribution < 1.29 is 4.79 Å². The first-order valence-electron chi connectivity index (χ1n) is 9.35. The molecule has 1 atom stereocenters. The molecule has 0 saturated carbocycles. The van der Waals surface area contributed by atoms with Crippen molar-refractivity contribution in [2.75, 3.05) is 33.7 Å². The molecule has 1 aromatic carbocycles. The molecule has 1 aliphatic heterocycles. The van der Waals surface area contributed by atoms with Gasteiger partial charge < -0.3 is 15.5 Å². The molecular formula is C20H32N4O. The number of amides is 1. The molecule has 0 aromatic heterocycles. The number of carbonyl (C=O) groups excluding carboxylic acids is 1. The quantitative estimate of drug-likeness (QED) is 0.616. The molecule has 2 N–H and O–H groups in total. The first-order valence-corrected chi connectivity index (χ1v) is 9.35. The van der Waals surface area contributed by atoms with Crippen LogP contribution in [0.2, 0.25) is 0 Å². The molecule has 1 heterocycles. The van der Waals surface area contributed by atoms with E-state index in [9.17, 15) is 4.79 Å². The van der Waals surface area contributed by atoms with Crippen LogP contribution in [0.5, 0.6) is 0 Å². The fourth-order valence-corrected chi connectivity index (χ4v) is 3.39. The second kappa shape index (κ2) is 10.1. The molecule has 1 fully saturated rings. The molecule has 5 heteroatoms. The number of carbonyl (C=O) groups is 1. The van der Waals surface area contributed by atoms with Gasteiger partial charge in [0, 0.05) is 40.2 Å². The number of rotatable bonds is 6. The van der Waals surface area contributed by atoms with Crippen LogP contribution < -0.4 is 10.6 Å². The van der Waals surface area contributed by atoms with E-state index in [-0.39, 0.29) is 5.91 Å². The molecule has 5 nitrogen and oxygen atoms in total. The smallest absolute Gasteiger partial charge is 0.220 e. The SMILES string of the molecule is CN=C(NCCC(C)c1ccccc1)N1CCC(CC(=O)NC)CC1. The minimum absolute atomic E-state index is 0.149. The van der Waals surface area contributed by atoms with E-state index in [2.05, 4.69) is 57.8 Å². The summed E-state index contributed by atoms with van der Waals surface area (Å²) in [5.74, 6) is 2.16. The Morgan fingerprint density at radius 2 is 1.96 bits per heavy atom. The number of guanidine groups is 1. The zero-order valence-electron chi connectivity index (χ0n) is 15.8. The third-order valence-corrected chi connectivity index (χ3v) is 5.11. The number of aliphatic imine (C=N–C) groups is 1. The summed E-state index contributed by atoms with van der Waals surface area (Å²) in [5.41, 5.74) is 1.38. The topological polar surface area (TPSA) is 56.7 Å². The third-order valence-electron chi connectivity index (χ3n) is 5.11. The highest BCUT2D eigenvalue weighted by Gasteiger charge is 2.23. The fourth-order valence-electron chi connectivity index (χ4n) is 3.39. The van der Waals surface area contributed by atoms with Crippen LogP contribution in [-0.4, -0.2) is 50.5 Å². The maximum Gasteiger partial charge on any atom is 0.220 e. The van der Waals surface area contributed by atoms with Gasteiger partial charge in [-0.05, 0) is 36.7 Å². The van der Waals surface area contributed by atoms with Gasteiger partial charge in [0.2, 0.25) is 5.91 Å². The van der Waals surface area contributed by atoms with E-state index in [1.54, 1.807) is 7.05 Å². The summed E-state index contributed by atoms with van der Waals surface area (Å²) in [7, 11) is 3.55. The molecule has 0 spiro atoms. The minimum Gasteiger partial charge on any atom is -0.359 e. The van der Waals surface area contributed by atoms with Crippen molar-refractivity contribution in [2.45, 2.75) is 38.5 Å². The maximum atomic E-state index is 11.5. The number of likely N-dealkylation sites (tertiary alicyclic amines) is 1. The second-order valence-corrected chi connectivity index (χ2v) is 6.88. The first kappa shape index (κ1) is 19.3. The Morgan fingerprint density at radius 1 is 1.28 bits per heavy atom. The lowest BCUT2D eigenvalue weighted by molar-refractivity contribution is -0.121. The number of hydrogen-bond donors (Lipinski definition) is 2. The zero-order valence-corrected chi connectivity index (χ0v) is 15.8. The normalized spacial score (nSPS) is 17.2. The minimum atomic E-state index is 0.149. The molecule has 1 unspecified atom stereocenters. The molecule has 1 amide bonds. The summed E-state index contributed by atoms with van der Waals surface area (Å²) in [4.78, 5) is 18.3. The van der Waals surface area contributed by atoms with Crippen molar-refractivity contribution in [3.05, 3.63) is 35.9 Å². The number of piperidine rings is 1. The largest absolute Gasteiger partial charge is 0.359 e. The predicted octanol–water partition coefficient (Wildman–Crippen LogP) is 2.60. The van der Waals surface area contributed by atoms with Crippen molar-refractivity contribution in [1.29, 1.82) is 0 Å². The standard InChI is InChI=1S/C20H32N4O/c1-16(18-7-5-4-6-8-18)9-12-23-20(22-3)24-13-10-17(11-14-24)15-19(25)21-2/h4-8,16-17H,9-15H2,1-3H3,(H,21,25)(H,22,23). The van der Waals surface area contributed by atoms with Crippen LogP contribution in [0.25, 0.3) is 0 Å². The van der Waals surface area contributed by atoms with Crippen LogP contribution in [0.15, 0.2) is 35.3 Å². The lowest BCUT2D eigenvalue weighted by Gasteiger charge is -2.34. The van der Waals surface area contributed by atoms with Gasteiger partial charge >= 0.3 is 0 Å². The first-order chi connectivity index (χ1) is 12.1. The summed E-state index contributed by atoms with van der Waals surface area (Å²) in [5, 5.41) is 6.22. The fraction of sp³-hybridized carbons (Fsp3) is 0.600. The van der Waals surface area contributed by atoms with Crippen LogP contribution in [-0.2, 0) is 4.79 Å². The van der Waals surface area contributed by atoms with Gasteiger partial charge in [0.25, 0.3) is 0 Å². The van der Waals surface area contributed by atoms with Crippen molar-refractivity contribution in [2.24, 2.45) is 10.9 Å². The van der Waals surface area contributed by atoms with Gasteiger partial charge in [0.05, 0.1) is 0 Å². The average Bonchev–Trinajstić information content (AvgIpc) is 2.66. The summed E-state index contributed by atoms with van der Waals surface area (Å²) >= 11 is 0. The number of nitrogens with one attached hydrogen (secondary N) is 2. The Bertz CT molecular complexity index is 550. The Labute approximate surface area is 151 Å². The molecule has 138 valence electrons. The highest BCUT2D eigenvalue weighted by atomic mass is 16.1. The van der Waals surface area contributed by atoms with E-state index in [1.807, 2.05) is 7.05 Å². The molecule has 25 heavy (non-hydrogen) atoms. The van der Waals surface area contributed by atoms with Gasteiger partial charge in [0.15, 0.2) is 5.96 Å². The Kier molecular flexibility index (Phi) is 7.76. The van der Waals surface area contributed by atoms with Crippen molar-refractivity contribution in [3.8, 4) is 0 Å². The number of nitrogens with zero attached hydrogens (tertiary/aromatic N) is 2. The van der Waals surface area contributed by atoms with E-state index in [4.69, 9.17) is 0 Å². The highest BCUT2D eigenvalue weighted by Crippen LogP contribution is 2.21. The molecule has 1 saturated heterocycles. The lowest BCUT2D eigenvalue weighted by Crippen LogP contribution is -2.46. The Balaban J connectivity index is 1.73. The summed E-state index contributed by atoms with van der Waals surface area (Å²) in [6.07, 6.45) is 3.82. The van der Waals surface area contributed by atoms with Crippen LogP contribution in [0.1, 0.15) is 44.1 Å². The second-order valence-electron chi connectivity index (χ2n) is 6.88. The van der Waals surface area contributed by atoms with Crippen molar-refractivity contribution >= 4 is 11.9 Å². The average molecular weight is 345 g/mol. The highest BCUT2D eigenvalue weighted by molar-refractivity contribution is 5.80. The molecule has 0 aliphatic carbocycles.